The third-order valence-corrected chi connectivity index (χ3v) is 6.83. The van der Waals surface area contributed by atoms with Crippen LogP contribution in [0.2, 0.25) is 0 Å². The van der Waals surface area contributed by atoms with Gasteiger partial charge in [-0.15, -0.1) is 0 Å². The van der Waals surface area contributed by atoms with Crippen LogP contribution in [0.3, 0.4) is 0 Å². The Morgan fingerprint density at radius 3 is 0.950 bits per heavy atom. The van der Waals surface area contributed by atoms with Crippen molar-refractivity contribution in [2.45, 2.75) is 13.8 Å². The number of hydrogen-bond acceptors (Lipinski definition) is 2. The highest BCUT2D eigenvalue weighted by molar-refractivity contribution is 5.80. The lowest BCUT2D eigenvalue weighted by molar-refractivity contribution is 0.482. The fourth-order valence-corrected chi connectivity index (χ4v) is 4.34. The minimum Gasteiger partial charge on any atom is -0.457 e. The first-order valence-electron chi connectivity index (χ1n) is 13.2. The normalized spacial score (nSPS) is 10.6. The number of allylic oxidation sites excluding steroid dienone is 1. The van der Waals surface area contributed by atoms with E-state index in [1.54, 1.807) is 0 Å². The molecule has 196 valence electrons. The summed E-state index contributed by atoms with van der Waals surface area (Å²) in [5, 5.41) is 0. The van der Waals surface area contributed by atoms with Gasteiger partial charge in [0.05, 0.1) is 0 Å². The number of ether oxygens (including phenoxy) is 2. The summed E-state index contributed by atoms with van der Waals surface area (Å²) in [6.45, 7) is 16.7. The molecular formula is C38H32O2. The summed E-state index contributed by atoms with van der Waals surface area (Å²) in [6.07, 6.45) is 0. The van der Waals surface area contributed by atoms with Gasteiger partial charge in [0.25, 0.3) is 0 Å². The number of hydrogen-bond donors (Lipinski definition) is 0. The van der Waals surface area contributed by atoms with Crippen molar-refractivity contribution in [3.8, 4) is 23.0 Å². The van der Waals surface area contributed by atoms with Gasteiger partial charge in [-0.3, -0.25) is 0 Å². The zero-order chi connectivity index (χ0) is 28.1. The summed E-state index contributed by atoms with van der Waals surface area (Å²) in [6, 6.07) is 40.3. The Morgan fingerprint density at radius 1 is 0.400 bits per heavy atom. The molecule has 0 unspecified atom stereocenters. The summed E-state index contributed by atoms with van der Waals surface area (Å²) in [5.74, 6) is 3.14. The average molecular weight is 521 g/mol. The Balaban J connectivity index is 1.19. The van der Waals surface area contributed by atoms with Crippen molar-refractivity contribution >= 4 is 16.7 Å². The molecule has 5 aromatic rings. The van der Waals surface area contributed by atoms with Crippen LogP contribution in [-0.2, 0) is 0 Å². The molecule has 5 rings (SSSR count). The largest absolute Gasteiger partial charge is 0.457 e. The van der Waals surface area contributed by atoms with Gasteiger partial charge < -0.3 is 9.47 Å². The van der Waals surface area contributed by atoms with Crippen molar-refractivity contribution in [1.29, 1.82) is 0 Å². The average Bonchev–Trinajstić information content (AvgIpc) is 2.99. The molecule has 0 fully saturated rings. The van der Waals surface area contributed by atoms with Crippen LogP contribution >= 0.6 is 0 Å². The molecule has 0 heterocycles. The van der Waals surface area contributed by atoms with E-state index < -0.39 is 0 Å². The molecule has 0 N–H and O–H groups in total. The smallest absolute Gasteiger partial charge is 0.127 e. The lowest BCUT2D eigenvalue weighted by Crippen LogP contribution is -1.90. The van der Waals surface area contributed by atoms with E-state index in [-0.39, 0.29) is 0 Å². The minimum atomic E-state index is 0.764. The molecule has 0 bridgehead atoms. The molecule has 0 spiro atoms. The SMILES string of the molecule is C=C(C)c1ccc(C(=C)c2ccc(Oc3ccc(C(=C)c4ccc(Oc5ccc(C)cc5)cc4)cc3)cc2)cc1. The fraction of sp³-hybridized carbons (Fsp3) is 0.0526. The second-order valence-electron chi connectivity index (χ2n) is 9.91. The predicted octanol–water partition coefficient (Wildman–Crippen LogP) is 10.7. The van der Waals surface area contributed by atoms with Gasteiger partial charge in [-0.2, -0.15) is 0 Å². The lowest BCUT2D eigenvalue weighted by Gasteiger charge is -2.11. The van der Waals surface area contributed by atoms with Crippen molar-refractivity contribution in [3.63, 3.8) is 0 Å². The van der Waals surface area contributed by atoms with Gasteiger partial charge >= 0.3 is 0 Å². The molecule has 2 heteroatoms. The summed E-state index contributed by atoms with van der Waals surface area (Å²) in [4.78, 5) is 0. The van der Waals surface area contributed by atoms with Crippen molar-refractivity contribution in [2.75, 3.05) is 0 Å². The lowest BCUT2D eigenvalue weighted by atomic mass is 9.97. The van der Waals surface area contributed by atoms with E-state index in [0.29, 0.717) is 0 Å². The molecule has 40 heavy (non-hydrogen) atoms. The predicted molar refractivity (Wildman–Crippen MR) is 168 cm³/mol. The van der Waals surface area contributed by atoms with Gasteiger partial charge in [0.2, 0.25) is 0 Å². The number of benzene rings is 5. The third kappa shape index (κ3) is 6.31. The maximum Gasteiger partial charge on any atom is 0.127 e. The van der Waals surface area contributed by atoms with Crippen molar-refractivity contribution < 1.29 is 9.47 Å². The van der Waals surface area contributed by atoms with Crippen LogP contribution in [-0.4, -0.2) is 0 Å². The van der Waals surface area contributed by atoms with Crippen LogP contribution in [0.5, 0.6) is 23.0 Å². The Kier molecular flexibility index (Phi) is 7.80. The molecule has 0 aromatic heterocycles. The molecule has 0 aliphatic heterocycles. The molecule has 0 saturated carbocycles. The summed E-state index contributed by atoms with van der Waals surface area (Å²) >= 11 is 0. The second kappa shape index (κ2) is 11.8. The van der Waals surface area contributed by atoms with E-state index in [4.69, 9.17) is 9.47 Å². The summed E-state index contributed by atoms with van der Waals surface area (Å²) < 4.78 is 12.0. The van der Waals surface area contributed by atoms with Crippen LogP contribution in [0.15, 0.2) is 141 Å². The third-order valence-electron chi connectivity index (χ3n) is 6.83. The van der Waals surface area contributed by atoms with Gasteiger partial charge in [0.1, 0.15) is 23.0 Å². The van der Waals surface area contributed by atoms with E-state index in [2.05, 4.69) is 50.9 Å². The highest BCUT2D eigenvalue weighted by Crippen LogP contribution is 2.30. The highest BCUT2D eigenvalue weighted by Gasteiger charge is 2.07. The zero-order valence-electron chi connectivity index (χ0n) is 23.0. The topological polar surface area (TPSA) is 18.5 Å². The van der Waals surface area contributed by atoms with E-state index in [1.807, 2.05) is 104 Å². The maximum atomic E-state index is 6.10. The summed E-state index contributed by atoms with van der Waals surface area (Å²) in [5.41, 5.74) is 9.51. The van der Waals surface area contributed by atoms with Crippen LogP contribution < -0.4 is 9.47 Å². The molecule has 0 aliphatic carbocycles. The van der Waals surface area contributed by atoms with Gasteiger partial charge in [0, 0.05) is 0 Å². The first-order chi connectivity index (χ1) is 19.4. The monoisotopic (exact) mass is 520 g/mol. The Morgan fingerprint density at radius 2 is 0.650 bits per heavy atom. The van der Waals surface area contributed by atoms with Crippen LogP contribution in [0.1, 0.15) is 40.3 Å². The van der Waals surface area contributed by atoms with Crippen molar-refractivity contribution in [1.82, 2.24) is 0 Å². The van der Waals surface area contributed by atoms with E-state index in [1.165, 1.54) is 5.56 Å². The van der Waals surface area contributed by atoms with E-state index >= 15 is 0 Å². The molecule has 0 aliphatic rings. The van der Waals surface area contributed by atoms with Gasteiger partial charge in [0.15, 0.2) is 0 Å². The van der Waals surface area contributed by atoms with Crippen molar-refractivity contribution in [3.05, 3.63) is 174 Å². The van der Waals surface area contributed by atoms with Gasteiger partial charge in [-0.1, -0.05) is 104 Å². The van der Waals surface area contributed by atoms with Crippen LogP contribution in [0.4, 0.5) is 0 Å². The summed E-state index contributed by atoms with van der Waals surface area (Å²) in [7, 11) is 0. The first kappa shape index (κ1) is 26.5. The first-order valence-corrected chi connectivity index (χ1v) is 13.2. The highest BCUT2D eigenvalue weighted by atomic mass is 16.5. The standard InChI is InChI=1S/C38H32O2/c1-26(2)30-8-10-31(11-9-30)28(4)32-12-22-37(23-13-32)40-38-24-16-34(17-25-38)29(5)33-14-20-36(21-15-33)39-35-18-6-27(3)7-19-35/h6-25H,1,4-5H2,2-3H3. The molecule has 0 atom stereocenters. The van der Waals surface area contributed by atoms with E-state index in [0.717, 1.165) is 67.5 Å². The minimum absolute atomic E-state index is 0.764. The van der Waals surface area contributed by atoms with Crippen LogP contribution in [0, 0.1) is 6.92 Å². The zero-order valence-corrected chi connectivity index (χ0v) is 23.0. The quantitative estimate of drug-likeness (QED) is 0.192. The number of rotatable bonds is 9. The molecule has 2 nitrogen and oxygen atoms in total. The molecule has 5 aromatic carbocycles. The van der Waals surface area contributed by atoms with Crippen LogP contribution in [0.25, 0.3) is 16.7 Å². The van der Waals surface area contributed by atoms with Crippen molar-refractivity contribution in [2.24, 2.45) is 0 Å². The van der Waals surface area contributed by atoms with E-state index in [9.17, 15) is 0 Å². The van der Waals surface area contributed by atoms with Gasteiger partial charge in [-0.25, -0.2) is 0 Å². The Hall–Kier alpha value is -5.08. The molecule has 0 amide bonds. The molecule has 0 saturated heterocycles. The van der Waals surface area contributed by atoms with Gasteiger partial charge in [-0.05, 0) is 101 Å². The maximum absolute atomic E-state index is 6.10. The molecular weight excluding hydrogens is 488 g/mol. The fourth-order valence-electron chi connectivity index (χ4n) is 4.34. The second-order valence-corrected chi connectivity index (χ2v) is 9.91. The number of aryl methyl sites for hydroxylation is 1. The Labute approximate surface area is 237 Å². The molecule has 0 radical (unpaired) electrons. The Bertz CT molecular complexity index is 1640.